The number of nitrogens with zero attached hydrogens (tertiary/aromatic N) is 1. The number of nitrogens with one attached hydrogen (secondary N) is 3. The Bertz CT molecular complexity index is 1250. The molecule has 1 aromatic carbocycles. The normalized spacial score (nSPS) is 19.0. The van der Waals surface area contributed by atoms with Crippen molar-refractivity contribution < 1.29 is 23.9 Å². The molecule has 2 unspecified atom stereocenters. The first-order valence-electron chi connectivity index (χ1n) is 12.2. The zero-order chi connectivity index (χ0) is 26.7. The highest BCUT2D eigenvalue weighted by Gasteiger charge is 2.37. The minimum atomic E-state index is -0.985. The molecule has 3 N–H and O–H groups in total. The standard InChI is InChI=1S/C27H32N4O5S/c1-27(2,3)21-14-19(25(34)31-12-11-28-23(33)20(31)15-22(32)36-4)24(37-21)30-26(35)29-18-10-9-16-7-5-6-8-17(16)13-18/h5-10,14,18,20H,11-13,15H2,1-4H3,(H,28,33)(H2,29,30,35). The van der Waals surface area contributed by atoms with E-state index >= 15 is 0 Å². The maximum atomic E-state index is 13.7. The third-order valence-electron chi connectivity index (χ3n) is 6.43. The van der Waals surface area contributed by atoms with E-state index in [2.05, 4.69) is 16.0 Å². The zero-order valence-electron chi connectivity index (χ0n) is 21.4. The highest BCUT2D eigenvalue weighted by Crippen LogP contribution is 2.37. The topological polar surface area (TPSA) is 117 Å². The molecule has 1 saturated heterocycles. The number of piperazine rings is 1. The molecule has 0 spiro atoms. The first-order valence-corrected chi connectivity index (χ1v) is 13.0. The summed E-state index contributed by atoms with van der Waals surface area (Å²) in [6, 6.07) is 8.19. The molecule has 2 atom stereocenters. The molecule has 2 aromatic rings. The number of fused-ring (bicyclic) bond motifs is 1. The van der Waals surface area contributed by atoms with Crippen LogP contribution in [0.25, 0.3) is 6.08 Å². The van der Waals surface area contributed by atoms with Crippen LogP contribution in [0.4, 0.5) is 9.80 Å². The summed E-state index contributed by atoms with van der Waals surface area (Å²) in [5, 5.41) is 8.94. The molecule has 2 aliphatic rings. The number of esters is 1. The van der Waals surface area contributed by atoms with E-state index in [1.807, 2.05) is 57.2 Å². The molecule has 4 rings (SSSR count). The van der Waals surface area contributed by atoms with Gasteiger partial charge in [0, 0.05) is 18.0 Å². The van der Waals surface area contributed by atoms with E-state index in [4.69, 9.17) is 4.74 Å². The van der Waals surface area contributed by atoms with E-state index in [1.165, 1.54) is 23.3 Å². The van der Waals surface area contributed by atoms with Gasteiger partial charge in [-0.1, -0.05) is 57.2 Å². The molecule has 9 nitrogen and oxygen atoms in total. The van der Waals surface area contributed by atoms with Crippen molar-refractivity contribution in [2.45, 2.75) is 51.1 Å². The monoisotopic (exact) mass is 524 g/mol. The summed E-state index contributed by atoms with van der Waals surface area (Å²) in [5.74, 6) is -1.41. The van der Waals surface area contributed by atoms with Crippen LogP contribution < -0.4 is 16.0 Å². The average Bonchev–Trinajstić information content (AvgIpc) is 3.28. The quantitative estimate of drug-likeness (QED) is 0.519. The van der Waals surface area contributed by atoms with E-state index in [1.54, 1.807) is 6.07 Å². The van der Waals surface area contributed by atoms with Gasteiger partial charge in [0.1, 0.15) is 11.0 Å². The molecule has 4 amide bonds. The average molecular weight is 525 g/mol. The van der Waals surface area contributed by atoms with Gasteiger partial charge in [-0.3, -0.25) is 19.7 Å². The molecule has 1 aliphatic heterocycles. The Morgan fingerprint density at radius 3 is 2.70 bits per heavy atom. The lowest BCUT2D eigenvalue weighted by molar-refractivity contribution is -0.145. The highest BCUT2D eigenvalue weighted by atomic mass is 32.1. The molecule has 2 heterocycles. The van der Waals surface area contributed by atoms with Crippen molar-refractivity contribution in [2.24, 2.45) is 0 Å². The molecule has 10 heteroatoms. The van der Waals surface area contributed by atoms with Gasteiger partial charge >= 0.3 is 12.0 Å². The molecule has 0 bridgehead atoms. The number of carbonyl (C=O) groups is 4. The summed E-state index contributed by atoms with van der Waals surface area (Å²) in [6.07, 6.45) is 4.36. The summed E-state index contributed by atoms with van der Waals surface area (Å²) in [5.41, 5.74) is 2.31. The van der Waals surface area contributed by atoms with Gasteiger partial charge in [-0.05, 0) is 29.0 Å². The van der Waals surface area contributed by atoms with Gasteiger partial charge in [0.25, 0.3) is 5.91 Å². The maximum Gasteiger partial charge on any atom is 0.320 e. The van der Waals surface area contributed by atoms with E-state index in [9.17, 15) is 19.2 Å². The number of hydrogen-bond acceptors (Lipinski definition) is 6. The first kappa shape index (κ1) is 26.4. The fraction of sp³-hybridized carbons (Fsp3) is 0.407. The van der Waals surface area contributed by atoms with Crippen molar-refractivity contribution in [3.8, 4) is 0 Å². The van der Waals surface area contributed by atoms with Crippen molar-refractivity contribution in [2.75, 3.05) is 25.5 Å². The molecule has 1 fully saturated rings. The third-order valence-corrected chi connectivity index (χ3v) is 7.90. The third kappa shape index (κ3) is 6.02. The summed E-state index contributed by atoms with van der Waals surface area (Å²) >= 11 is 1.33. The van der Waals surface area contributed by atoms with Crippen molar-refractivity contribution in [1.29, 1.82) is 0 Å². The number of urea groups is 1. The number of amides is 4. The number of thiophene rings is 1. The minimum Gasteiger partial charge on any atom is -0.469 e. The number of hydrogen-bond donors (Lipinski definition) is 3. The van der Waals surface area contributed by atoms with Gasteiger partial charge in [0.15, 0.2) is 0 Å². The van der Waals surface area contributed by atoms with Crippen LogP contribution >= 0.6 is 11.3 Å². The Labute approximate surface area is 220 Å². The van der Waals surface area contributed by atoms with Crippen LogP contribution in [-0.4, -0.2) is 61.0 Å². The SMILES string of the molecule is COC(=O)CC1C(=O)NCCN1C(=O)c1cc(C(C)(C)C)sc1NC(=O)NC1C=Cc2ccccc2C1. The molecular formula is C27H32N4O5S. The van der Waals surface area contributed by atoms with Crippen molar-refractivity contribution >= 4 is 46.2 Å². The predicted molar refractivity (Wildman–Crippen MR) is 143 cm³/mol. The lowest BCUT2D eigenvalue weighted by Gasteiger charge is -2.34. The Morgan fingerprint density at radius 2 is 1.97 bits per heavy atom. The van der Waals surface area contributed by atoms with Crippen LogP contribution in [0.3, 0.4) is 0 Å². The van der Waals surface area contributed by atoms with Gasteiger partial charge in [0.2, 0.25) is 5.91 Å². The van der Waals surface area contributed by atoms with Crippen LogP contribution in [0, 0.1) is 0 Å². The number of ether oxygens (including phenoxy) is 1. The largest absolute Gasteiger partial charge is 0.469 e. The number of methoxy groups -OCH3 is 1. The van der Waals surface area contributed by atoms with Gasteiger partial charge in [0.05, 0.1) is 25.1 Å². The second-order valence-corrected chi connectivity index (χ2v) is 11.2. The molecular weight excluding hydrogens is 492 g/mol. The minimum absolute atomic E-state index is 0.189. The lowest BCUT2D eigenvalue weighted by atomic mass is 9.94. The molecule has 0 saturated carbocycles. The van der Waals surface area contributed by atoms with E-state index in [-0.39, 0.29) is 31.0 Å². The van der Waals surface area contributed by atoms with Gasteiger partial charge in [-0.15, -0.1) is 11.3 Å². The molecule has 196 valence electrons. The van der Waals surface area contributed by atoms with Crippen molar-refractivity contribution in [3.63, 3.8) is 0 Å². The maximum absolute atomic E-state index is 13.7. The van der Waals surface area contributed by atoms with Crippen LogP contribution in [0.5, 0.6) is 0 Å². The number of carbonyl (C=O) groups excluding carboxylic acids is 4. The van der Waals surface area contributed by atoms with Gasteiger partial charge < -0.3 is 20.3 Å². The van der Waals surface area contributed by atoms with E-state index in [0.29, 0.717) is 17.0 Å². The fourth-order valence-electron chi connectivity index (χ4n) is 4.38. The van der Waals surface area contributed by atoms with Crippen molar-refractivity contribution in [3.05, 3.63) is 58.0 Å². The Hall–Kier alpha value is -3.66. The van der Waals surface area contributed by atoms with Crippen LogP contribution in [0.1, 0.15) is 53.6 Å². The van der Waals surface area contributed by atoms with Gasteiger partial charge in [-0.25, -0.2) is 4.79 Å². The summed E-state index contributed by atoms with van der Waals surface area (Å²) < 4.78 is 4.73. The summed E-state index contributed by atoms with van der Waals surface area (Å²) in [6.45, 7) is 6.59. The smallest absolute Gasteiger partial charge is 0.320 e. The fourth-order valence-corrected chi connectivity index (χ4v) is 5.49. The lowest BCUT2D eigenvalue weighted by Crippen LogP contribution is -2.57. The number of benzene rings is 1. The molecule has 1 aliphatic carbocycles. The van der Waals surface area contributed by atoms with Crippen LogP contribution in [0.15, 0.2) is 36.4 Å². The second-order valence-electron chi connectivity index (χ2n) is 10.2. The highest BCUT2D eigenvalue weighted by molar-refractivity contribution is 7.16. The number of rotatable bonds is 5. The summed E-state index contributed by atoms with van der Waals surface area (Å²) in [4.78, 5) is 53.5. The van der Waals surface area contributed by atoms with E-state index in [0.717, 1.165) is 16.0 Å². The molecule has 1 aromatic heterocycles. The van der Waals surface area contributed by atoms with Crippen LogP contribution in [-0.2, 0) is 26.2 Å². The van der Waals surface area contributed by atoms with Crippen LogP contribution in [0.2, 0.25) is 0 Å². The Morgan fingerprint density at radius 1 is 1.22 bits per heavy atom. The first-order chi connectivity index (χ1) is 17.6. The molecule has 0 radical (unpaired) electrons. The predicted octanol–water partition coefficient (Wildman–Crippen LogP) is 3.31. The summed E-state index contributed by atoms with van der Waals surface area (Å²) in [7, 11) is 1.24. The Balaban J connectivity index is 1.55. The van der Waals surface area contributed by atoms with Crippen molar-refractivity contribution in [1.82, 2.24) is 15.5 Å². The number of anilines is 1. The zero-order valence-corrected chi connectivity index (χ0v) is 22.2. The molecule has 37 heavy (non-hydrogen) atoms. The Kier molecular flexibility index (Phi) is 7.68. The second kappa shape index (κ2) is 10.8. The van der Waals surface area contributed by atoms with Gasteiger partial charge in [-0.2, -0.15) is 0 Å². The van der Waals surface area contributed by atoms with E-state index < -0.39 is 29.9 Å².